The minimum absolute atomic E-state index is 0.787. The summed E-state index contributed by atoms with van der Waals surface area (Å²) in [5, 5.41) is 2.86. The van der Waals surface area contributed by atoms with Gasteiger partial charge in [0.05, 0.1) is 28.9 Å². The van der Waals surface area contributed by atoms with Crippen LogP contribution in [-0.2, 0) is 6.54 Å². The number of thiophene rings is 1. The number of benzene rings is 1. The van der Waals surface area contributed by atoms with Crippen molar-refractivity contribution in [3.63, 3.8) is 0 Å². The first-order valence-electron chi connectivity index (χ1n) is 5.79. The van der Waals surface area contributed by atoms with Crippen molar-refractivity contribution in [2.75, 3.05) is 0 Å². The molecule has 0 atom stereocenters. The molecule has 0 unspecified atom stereocenters. The third kappa shape index (κ3) is 1.93. The van der Waals surface area contributed by atoms with E-state index in [1.165, 1.54) is 21.5 Å². The molecule has 0 amide bonds. The van der Waals surface area contributed by atoms with Crippen LogP contribution in [0, 0.1) is 13.8 Å². The van der Waals surface area contributed by atoms with Crippen LogP contribution in [0.1, 0.15) is 16.0 Å². The molecule has 4 heteroatoms. The summed E-state index contributed by atoms with van der Waals surface area (Å²) in [7, 11) is 0. The lowest BCUT2D eigenvalue weighted by Crippen LogP contribution is -1.96. The van der Waals surface area contributed by atoms with E-state index >= 15 is 0 Å². The highest BCUT2D eigenvalue weighted by atomic mass is 35.5. The molecular weight excluding hydrogens is 264 g/mol. The lowest BCUT2D eigenvalue weighted by atomic mass is 10.1. The summed E-state index contributed by atoms with van der Waals surface area (Å²) in [6.07, 6.45) is 1.89. The van der Waals surface area contributed by atoms with E-state index < -0.39 is 0 Å². The molecular formula is C14H13ClN2S. The first-order valence-corrected chi connectivity index (χ1v) is 7.05. The van der Waals surface area contributed by atoms with Crippen molar-refractivity contribution in [2.24, 2.45) is 0 Å². The second-order valence-electron chi connectivity index (χ2n) is 4.49. The lowest BCUT2D eigenvalue weighted by Gasteiger charge is -2.05. The van der Waals surface area contributed by atoms with Crippen molar-refractivity contribution in [1.82, 2.24) is 9.55 Å². The van der Waals surface area contributed by atoms with Gasteiger partial charge in [-0.15, -0.1) is 11.3 Å². The van der Waals surface area contributed by atoms with Crippen molar-refractivity contribution in [2.45, 2.75) is 20.4 Å². The molecule has 92 valence electrons. The minimum atomic E-state index is 0.787. The van der Waals surface area contributed by atoms with Gasteiger partial charge in [0.1, 0.15) is 0 Å². The molecule has 3 aromatic rings. The molecule has 0 N–H and O–H groups in total. The van der Waals surface area contributed by atoms with Crippen LogP contribution >= 0.6 is 22.9 Å². The van der Waals surface area contributed by atoms with Gasteiger partial charge in [0, 0.05) is 4.88 Å². The fraction of sp³-hybridized carbons (Fsp3) is 0.214. The Morgan fingerprint density at radius 1 is 1.28 bits per heavy atom. The zero-order valence-electron chi connectivity index (χ0n) is 10.3. The SMILES string of the molecule is Cc1cc2ncn(Cc3sccc3Cl)c2cc1C. The molecule has 2 aromatic heterocycles. The zero-order chi connectivity index (χ0) is 12.7. The number of rotatable bonds is 2. The molecule has 18 heavy (non-hydrogen) atoms. The quantitative estimate of drug-likeness (QED) is 0.678. The van der Waals surface area contributed by atoms with Crippen LogP contribution in [0.4, 0.5) is 0 Å². The molecule has 2 nitrogen and oxygen atoms in total. The van der Waals surface area contributed by atoms with Crippen molar-refractivity contribution in [3.05, 3.63) is 50.9 Å². The highest BCUT2D eigenvalue weighted by Gasteiger charge is 2.08. The van der Waals surface area contributed by atoms with Crippen LogP contribution < -0.4 is 0 Å². The number of hydrogen-bond donors (Lipinski definition) is 0. The Morgan fingerprint density at radius 3 is 2.78 bits per heavy atom. The zero-order valence-corrected chi connectivity index (χ0v) is 11.8. The number of aryl methyl sites for hydroxylation is 2. The van der Waals surface area contributed by atoms with Gasteiger partial charge in [-0.2, -0.15) is 0 Å². The van der Waals surface area contributed by atoms with Gasteiger partial charge in [-0.3, -0.25) is 0 Å². The third-order valence-corrected chi connectivity index (χ3v) is 4.61. The highest BCUT2D eigenvalue weighted by molar-refractivity contribution is 7.10. The summed E-state index contributed by atoms with van der Waals surface area (Å²) in [6.45, 7) is 5.03. The highest BCUT2D eigenvalue weighted by Crippen LogP contribution is 2.25. The molecule has 0 aliphatic rings. The van der Waals surface area contributed by atoms with E-state index in [0.29, 0.717) is 0 Å². The van der Waals surface area contributed by atoms with E-state index in [1.54, 1.807) is 11.3 Å². The molecule has 0 radical (unpaired) electrons. The molecule has 2 heterocycles. The lowest BCUT2D eigenvalue weighted by molar-refractivity contribution is 0.838. The van der Waals surface area contributed by atoms with E-state index in [-0.39, 0.29) is 0 Å². The fourth-order valence-corrected chi connectivity index (χ4v) is 3.13. The summed E-state index contributed by atoms with van der Waals surface area (Å²) in [4.78, 5) is 5.63. The van der Waals surface area contributed by atoms with Crippen LogP contribution in [0.25, 0.3) is 11.0 Å². The summed E-state index contributed by atoms with van der Waals surface area (Å²) >= 11 is 7.82. The van der Waals surface area contributed by atoms with Gasteiger partial charge in [0.25, 0.3) is 0 Å². The molecule has 0 saturated heterocycles. The topological polar surface area (TPSA) is 17.8 Å². The van der Waals surface area contributed by atoms with Crippen LogP contribution in [-0.4, -0.2) is 9.55 Å². The van der Waals surface area contributed by atoms with Gasteiger partial charge < -0.3 is 4.57 Å². The standard InChI is InChI=1S/C14H13ClN2S/c1-9-5-12-13(6-10(9)2)17(8-16-12)7-14-11(15)3-4-18-14/h3-6,8H,7H2,1-2H3. The molecule has 0 spiro atoms. The smallest absolute Gasteiger partial charge is 0.0961 e. The maximum absolute atomic E-state index is 6.14. The van der Waals surface area contributed by atoms with Gasteiger partial charge in [-0.25, -0.2) is 4.98 Å². The molecule has 0 aliphatic carbocycles. The Labute approximate surface area is 115 Å². The van der Waals surface area contributed by atoms with Crippen molar-refractivity contribution < 1.29 is 0 Å². The Balaban J connectivity index is 2.08. The van der Waals surface area contributed by atoms with Gasteiger partial charge in [0.15, 0.2) is 0 Å². The summed E-state index contributed by atoms with van der Waals surface area (Å²) in [5.74, 6) is 0. The largest absolute Gasteiger partial charge is 0.325 e. The Morgan fingerprint density at radius 2 is 2.06 bits per heavy atom. The number of hydrogen-bond acceptors (Lipinski definition) is 2. The third-order valence-electron chi connectivity index (χ3n) is 3.24. The average Bonchev–Trinajstić information content (AvgIpc) is 2.90. The summed E-state index contributed by atoms with van der Waals surface area (Å²) in [6, 6.07) is 6.27. The maximum Gasteiger partial charge on any atom is 0.0961 e. The van der Waals surface area contributed by atoms with Gasteiger partial charge in [0.2, 0.25) is 0 Å². The van der Waals surface area contributed by atoms with E-state index in [2.05, 4.69) is 35.5 Å². The predicted octanol–water partition coefficient (Wildman–Crippen LogP) is 4.42. The average molecular weight is 277 g/mol. The van der Waals surface area contributed by atoms with E-state index in [4.69, 9.17) is 11.6 Å². The van der Waals surface area contributed by atoms with Gasteiger partial charge in [-0.1, -0.05) is 11.6 Å². The van der Waals surface area contributed by atoms with Crippen LogP contribution in [0.2, 0.25) is 5.02 Å². The number of imidazole rings is 1. The second kappa shape index (κ2) is 4.41. The van der Waals surface area contributed by atoms with Crippen molar-refractivity contribution >= 4 is 34.0 Å². The molecule has 3 rings (SSSR count). The number of halogens is 1. The van der Waals surface area contributed by atoms with Crippen LogP contribution in [0.3, 0.4) is 0 Å². The van der Waals surface area contributed by atoms with E-state index in [0.717, 1.165) is 17.1 Å². The fourth-order valence-electron chi connectivity index (χ4n) is 2.03. The Kier molecular flexibility index (Phi) is 2.88. The summed E-state index contributed by atoms with van der Waals surface area (Å²) < 4.78 is 2.15. The number of fused-ring (bicyclic) bond motifs is 1. The summed E-state index contributed by atoms with van der Waals surface area (Å²) in [5.41, 5.74) is 4.79. The monoisotopic (exact) mass is 276 g/mol. The van der Waals surface area contributed by atoms with E-state index in [9.17, 15) is 0 Å². The molecule has 0 aliphatic heterocycles. The molecule has 1 aromatic carbocycles. The normalized spacial score (nSPS) is 11.3. The molecule has 0 fully saturated rings. The van der Waals surface area contributed by atoms with Gasteiger partial charge >= 0.3 is 0 Å². The first-order chi connectivity index (χ1) is 8.65. The number of nitrogens with zero attached hydrogens (tertiary/aromatic N) is 2. The van der Waals surface area contributed by atoms with Crippen molar-refractivity contribution in [1.29, 1.82) is 0 Å². The number of aromatic nitrogens is 2. The maximum atomic E-state index is 6.14. The first kappa shape index (κ1) is 11.8. The molecule has 0 saturated carbocycles. The minimum Gasteiger partial charge on any atom is -0.325 e. The van der Waals surface area contributed by atoms with Crippen LogP contribution in [0.5, 0.6) is 0 Å². The van der Waals surface area contributed by atoms with Crippen LogP contribution in [0.15, 0.2) is 29.9 Å². The Hall–Kier alpha value is -1.32. The predicted molar refractivity (Wildman–Crippen MR) is 77.6 cm³/mol. The van der Waals surface area contributed by atoms with Crippen molar-refractivity contribution in [3.8, 4) is 0 Å². The second-order valence-corrected chi connectivity index (χ2v) is 5.90. The molecule has 0 bridgehead atoms. The van der Waals surface area contributed by atoms with Gasteiger partial charge in [-0.05, 0) is 48.6 Å². The van der Waals surface area contributed by atoms with E-state index in [1.807, 2.05) is 17.8 Å². The Bertz CT molecular complexity index is 712.